The highest BCUT2D eigenvalue weighted by Crippen LogP contribution is 2.30. The lowest BCUT2D eigenvalue weighted by Crippen LogP contribution is -2.32. The van der Waals surface area contributed by atoms with Gasteiger partial charge in [0.2, 0.25) is 0 Å². The predicted molar refractivity (Wildman–Crippen MR) is 64.0 cm³/mol. The zero-order chi connectivity index (χ0) is 11.7. The Morgan fingerprint density at radius 1 is 1.19 bits per heavy atom. The molecule has 0 aromatic heterocycles. The smallest absolute Gasteiger partial charge is 0.335 e. The molecule has 1 aliphatic rings. The third-order valence-electron chi connectivity index (χ3n) is 3.36. The Morgan fingerprint density at radius 2 is 1.69 bits per heavy atom. The maximum absolute atomic E-state index is 10.7. The van der Waals surface area contributed by atoms with Gasteiger partial charge in [0.1, 0.15) is 0 Å². The summed E-state index contributed by atoms with van der Waals surface area (Å²) in [6.07, 6.45) is 2.42. The molecule has 1 N–H and O–H groups in total. The van der Waals surface area contributed by atoms with Crippen molar-refractivity contribution in [3.63, 3.8) is 0 Å². The summed E-state index contributed by atoms with van der Waals surface area (Å²) in [4.78, 5) is 13.1. The predicted octanol–water partition coefficient (Wildman–Crippen LogP) is 2.76. The highest BCUT2D eigenvalue weighted by Gasteiger charge is 2.27. The van der Waals surface area contributed by atoms with E-state index in [2.05, 4.69) is 18.7 Å². The Kier molecular flexibility index (Phi) is 2.86. The van der Waals surface area contributed by atoms with E-state index in [0.717, 1.165) is 5.69 Å². The summed E-state index contributed by atoms with van der Waals surface area (Å²) in [6, 6.07) is 8.25. The zero-order valence-corrected chi connectivity index (χ0v) is 9.68. The number of carboxylic acid groups (broad SMARTS) is 1. The first-order valence-electron chi connectivity index (χ1n) is 5.71. The molecule has 1 fully saturated rings. The van der Waals surface area contributed by atoms with E-state index in [9.17, 15) is 4.79 Å². The second-order valence-corrected chi connectivity index (χ2v) is 4.53. The van der Waals surface area contributed by atoms with Crippen molar-refractivity contribution < 1.29 is 9.90 Å². The van der Waals surface area contributed by atoms with Crippen LogP contribution < -0.4 is 4.90 Å². The third-order valence-corrected chi connectivity index (χ3v) is 3.36. The molecule has 0 saturated carbocycles. The van der Waals surface area contributed by atoms with E-state index in [4.69, 9.17) is 5.11 Å². The number of benzene rings is 1. The summed E-state index contributed by atoms with van der Waals surface area (Å²) < 4.78 is 0. The Bertz CT molecular complexity index is 375. The molecule has 3 nitrogen and oxygen atoms in total. The molecule has 1 aromatic rings. The zero-order valence-electron chi connectivity index (χ0n) is 9.68. The first kappa shape index (κ1) is 11.0. The number of carboxylic acids is 1. The van der Waals surface area contributed by atoms with Crippen LogP contribution in [0.1, 0.15) is 37.0 Å². The van der Waals surface area contributed by atoms with E-state index in [1.807, 2.05) is 12.1 Å². The van der Waals surface area contributed by atoms with E-state index >= 15 is 0 Å². The van der Waals surface area contributed by atoms with Crippen LogP contribution >= 0.6 is 0 Å². The fraction of sp³-hybridized carbons (Fsp3) is 0.462. The largest absolute Gasteiger partial charge is 0.478 e. The van der Waals surface area contributed by atoms with Crippen molar-refractivity contribution in [2.45, 2.75) is 38.8 Å². The van der Waals surface area contributed by atoms with E-state index < -0.39 is 5.97 Å². The molecule has 1 aromatic carbocycles. The molecule has 1 aliphatic heterocycles. The minimum Gasteiger partial charge on any atom is -0.478 e. The van der Waals surface area contributed by atoms with Crippen molar-refractivity contribution in [3.8, 4) is 0 Å². The van der Waals surface area contributed by atoms with Crippen LogP contribution in [0, 0.1) is 0 Å². The van der Waals surface area contributed by atoms with Crippen molar-refractivity contribution in [3.05, 3.63) is 29.8 Å². The molecule has 86 valence electrons. The average Bonchev–Trinajstić information content (AvgIpc) is 2.59. The van der Waals surface area contributed by atoms with E-state index in [1.165, 1.54) is 12.8 Å². The molecule has 0 amide bonds. The lowest BCUT2D eigenvalue weighted by atomic mass is 10.1. The summed E-state index contributed by atoms with van der Waals surface area (Å²) in [5.41, 5.74) is 1.48. The molecular weight excluding hydrogens is 202 g/mol. The van der Waals surface area contributed by atoms with Crippen LogP contribution in [-0.2, 0) is 0 Å². The first-order valence-corrected chi connectivity index (χ1v) is 5.71. The Balaban J connectivity index is 2.24. The van der Waals surface area contributed by atoms with Crippen molar-refractivity contribution in [2.75, 3.05) is 4.90 Å². The summed E-state index contributed by atoms with van der Waals surface area (Å²) in [5, 5.41) is 8.83. The number of hydrogen-bond donors (Lipinski definition) is 1. The molecule has 0 spiro atoms. The van der Waals surface area contributed by atoms with Crippen LogP contribution in [0.4, 0.5) is 5.69 Å². The van der Waals surface area contributed by atoms with Crippen LogP contribution in [0.5, 0.6) is 0 Å². The molecule has 16 heavy (non-hydrogen) atoms. The highest BCUT2D eigenvalue weighted by atomic mass is 16.4. The normalized spacial score (nSPS) is 24.8. The van der Waals surface area contributed by atoms with Gasteiger partial charge in [-0.15, -0.1) is 0 Å². The van der Waals surface area contributed by atoms with Crippen molar-refractivity contribution in [1.29, 1.82) is 0 Å². The minimum atomic E-state index is -0.867. The number of hydrogen-bond acceptors (Lipinski definition) is 2. The Hall–Kier alpha value is -1.51. The minimum absolute atomic E-state index is 0.350. The van der Waals surface area contributed by atoms with Crippen molar-refractivity contribution in [1.82, 2.24) is 0 Å². The van der Waals surface area contributed by atoms with Crippen LogP contribution in [0.15, 0.2) is 24.3 Å². The monoisotopic (exact) mass is 219 g/mol. The van der Waals surface area contributed by atoms with Gasteiger partial charge >= 0.3 is 5.97 Å². The van der Waals surface area contributed by atoms with Gasteiger partial charge in [-0.2, -0.15) is 0 Å². The number of carbonyl (C=O) groups is 1. The summed E-state index contributed by atoms with van der Waals surface area (Å²) in [7, 11) is 0. The van der Waals surface area contributed by atoms with Gasteiger partial charge < -0.3 is 10.0 Å². The average molecular weight is 219 g/mol. The molecule has 1 saturated heterocycles. The third kappa shape index (κ3) is 1.90. The highest BCUT2D eigenvalue weighted by molar-refractivity contribution is 5.88. The lowest BCUT2D eigenvalue weighted by molar-refractivity contribution is 0.0697. The summed E-state index contributed by atoms with van der Waals surface area (Å²) in [5.74, 6) is -0.867. The standard InChI is InChI=1S/C13H17NO2/c1-9-3-4-10(2)14(9)12-7-5-11(6-8-12)13(15)16/h5-10H,3-4H2,1-2H3,(H,15,16)/t9-,10-/m1/s1. The second-order valence-electron chi connectivity index (χ2n) is 4.53. The number of aromatic carboxylic acids is 1. The first-order chi connectivity index (χ1) is 7.59. The van der Waals surface area contributed by atoms with Gasteiger partial charge in [0, 0.05) is 17.8 Å². The van der Waals surface area contributed by atoms with Gasteiger partial charge in [-0.1, -0.05) is 0 Å². The van der Waals surface area contributed by atoms with Crippen LogP contribution in [-0.4, -0.2) is 23.2 Å². The number of rotatable bonds is 2. The van der Waals surface area contributed by atoms with Gasteiger partial charge in [-0.05, 0) is 51.0 Å². The molecule has 0 bridgehead atoms. The second kappa shape index (κ2) is 4.16. The summed E-state index contributed by atoms with van der Waals surface area (Å²) >= 11 is 0. The van der Waals surface area contributed by atoms with Crippen molar-refractivity contribution >= 4 is 11.7 Å². The molecule has 2 rings (SSSR count). The van der Waals surface area contributed by atoms with E-state index in [-0.39, 0.29) is 0 Å². The van der Waals surface area contributed by atoms with Gasteiger partial charge in [0.05, 0.1) is 5.56 Å². The molecule has 0 aliphatic carbocycles. The van der Waals surface area contributed by atoms with Crippen LogP contribution in [0.2, 0.25) is 0 Å². The molecule has 3 heteroatoms. The molecule has 0 unspecified atom stereocenters. The number of nitrogens with zero attached hydrogens (tertiary/aromatic N) is 1. The van der Waals surface area contributed by atoms with Gasteiger partial charge in [0.15, 0.2) is 0 Å². The van der Waals surface area contributed by atoms with Gasteiger partial charge in [-0.25, -0.2) is 4.79 Å². The SMILES string of the molecule is C[C@@H]1CC[C@@H](C)N1c1ccc(C(=O)O)cc1. The maximum Gasteiger partial charge on any atom is 0.335 e. The number of anilines is 1. The van der Waals surface area contributed by atoms with Gasteiger partial charge in [-0.3, -0.25) is 0 Å². The fourth-order valence-corrected chi connectivity index (χ4v) is 2.48. The molecule has 0 radical (unpaired) electrons. The molecular formula is C13H17NO2. The molecule has 1 heterocycles. The topological polar surface area (TPSA) is 40.5 Å². The van der Waals surface area contributed by atoms with Crippen LogP contribution in [0.3, 0.4) is 0 Å². The van der Waals surface area contributed by atoms with E-state index in [1.54, 1.807) is 12.1 Å². The molecule has 2 atom stereocenters. The van der Waals surface area contributed by atoms with Crippen LogP contribution in [0.25, 0.3) is 0 Å². The quantitative estimate of drug-likeness (QED) is 0.831. The van der Waals surface area contributed by atoms with Crippen molar-refractivity contribution in [2.24, 2.45) is 0 Å². The summed E-state index contributed by atoms with van der Waals surface area (Å²) in [6.45, 7) is 4.43. The van der Waals surface area contributed by atoms with Gasteiger partial charge in [0.25, 0.3) is 0 Å². The fourth-order valence-electron chi connectivity index (χ4n) is 2.48. The Labute approximate surface area is 95.7 Å². The Morgan fingerprint density at radius 3 is 2.12 bits per heavy atom. The van der Waals surface area contributed by atoms with E-state index in [0.29, 0.717) is 17.6 Å². The maximum atomic E-state index is 10.7. The lowest BCUT2D eigenvalue weighted by Gasteiger charge is -2.28.